The molecule has 0 saturated carbocycles. The molecule has 2 aliphatic rings. The van der Waals surface area contributed by atoms with Gasteiger partial charge in [-0.25, -0.2) is 0 Å². The van der Waals surface area contributed by atoms with Gasteiger partial charge in [-0.2, -0.15) is 0 Å². The largest absolute Gasteiger partial charge is 0.351 e. The van der Waals surface area contributed by atoms with E-state index < -0.39 is 0 Å². The van der Waals surface area contributed by atoms with E-state index in [1.54, 1.807) is 0 Å². The van der Waals surface area contributed by atoms with Gasteiger partial charge in [0, 0.05) is 45.8 Å². The predicted molar refractivity (Wildman–Crippen MR) is 124 cm³/mol. The lowest BCUT2D eigenvalue weighted by molar-refractivity contribution is -0.138. The molecule has 1 atom stereocenters. The Hall–Kier alpha value is -2.71. The summed E-state index contributed by atoms with van der Waals surface area (Å²) in [6.07, 6.45) is 1.68. The first-order chi connectivity index (χ1) is 15.6. The summed E-state index contributed by atoms with van der Waals surface area (Å²) < 4.78 is 0. The molecule has 0 radical (unpaired) electrons. The van der Waals surface area contributed by atoms with E-state index >= 15 is 0 Å². The number of benzene rings is 1. The summed E-state index contributed by atoms with van der Waals surface area (Å²) in [4.78, 5) is 44.6. The minimum atomic E-state index is -0.131. The van der Waals surface area contributed by atoms with E-state index in [0.717, 1.165) is 23.3 Å². The molecule has 0 unspecified atom stereocenters. The van der Waals surface area contributed by atoms with Gasteiger partial charge in [0.15, 0.2) is 0 Å². The molecule has 8 heteroatoms. The normalized spacial score (nSPS) is 19.6. The third kappa shape index (κ3) is 5.75. The van der Waals surface area contributed by atoms with E-state index in [2.05, 4.69) is 10.2 Å². The van der Waals surface area contributed by atoms with Crippen molar-refractivity contribution in [2.75, 3.05) is 45.8 Å². The van der Waals surface area contributed by atoms with Crippen molar-refractivity contribution >= 4 is 29.1 Å². The Kier molecular flexibility index (Phi) is 7.55. The van der Waals surface area contributed by atoms with E-state index in [1.807, 2.05) is 57.6 Å². The Morgan fingerprint density at radius 2 is 1.72 bits per heavy atom. The van der Waals surface area contributed by atoms with Crippen molar-refractivity contribution in [3.8, 4) is 0 Å². The number of nitrogens with one attached hydrogen (secondary N) is 1. The Bertz CT molecular complexity index is 911. The molecule has 0 spiro atoms. The van der Waals surface area contributed by atoms with Gasteiger partial charge >= 0.3 is 0 Å². The lowest BCUT2D eigenvalue weighted by Crippen LogP contribution is -2.54. The first-order valence-corrected chi connectivity index (χ1v) is 12.1. The quantitative estimate of drug-likeness (QED) is 0.725. The number of piperidine rings is 1. The lowest BCUT2D eigenvalue weighted by atomic mass is 9.96. The molecule has 32 heavy (non-hydrogen) atoms. The SMILES string of the molecule is O=C(CN1CCN(C(=O)[C@H]2CCCN(C(=O)c3cccs3)C2)CC1)NCc1ccccc1. The van der Waals surface area contributed by atoms with Crippen LogP contribution < -0.4 is 5.32 Å². The third-order valence-corrected chi connectivity index (χ3v) is 7.03. The van der Waals surface area contributed by atoms with Gasteiger partial charge in [-0.1, -0.05) is 36.4 Å². The Labute approximate surface area is 193 Å². The minimum absolute atomic E-state index is 0.00337. The number of rotatable bonds is 6. The van der Waals surface area contributed by atoms with Gasteiger partial charge in [-0.15, -0.1) is 11.3 Å². The summed E-state index contributed by atoms with van der Waals surface area (Å²) in [5.41, 5.74) is 1.08. The van der Waals surface area contributed by atoms with Crippen LogP contribution in [0.5, 0.6) is 0 Å². The first-order valence-electron chi connectivity index (χ1n) is 11.2. The maximum atomic E-state index is 13.1. The van der Waals surface area contributed by atoms with Crippen LogP contribution in [0, 0.1) is 5.92 Å². The fourth-order valence-electron chi connectivity index (χ4n) is 4.36. The Morgan fingerprint density at radius 3 is 2.44 bits per heavy atom. The number of carbonyl (C=O) groups is 3. The zero-order valence-corrected chi connectivity index (χ0v) is 19.1. The number of amides is 3. The number of thiophene rings is 1. The van der Waals surface area contributed by atoms with Crippen LogP contribution in [-0.2, 0) is 16.1 Å². The molecule has 4 rings (SSSR count). The fraction of sp³-hybridized carbons (Fsp3) is 0.458. The van der Waals surface area contributed by atoms with E-state index in [-0.39, 0.29) is 23.6 Å². The Balaban J connectivity index is 1.21. The molecule has 0 aliphatic carbocycles. The molecule has 3 amide bonds. The molecule has 2 saturated heterocycles. The van der Waals surface area contributed by atoms with Crippen LogP contribution in [0.4, 0.5) is 0 Å². The van der Waals surface area contributed by atoms with Crippen LogP contribution >= 0.6 is 11.3 Å². The molecule has 7 nitrogen and oxygen atoms in total. The summed E-state index contributed by atoms with van der Waals surface area (Å²) in [6, 6.07) is 13.6. The van der Waals surface area contributed by atoms with E-state index in [0.29, 0.717) is 52.4 Å². The predicted octanol–water partition coefficient (Wildman–Crippen LogP) is 2.06. The van der Waals surface area contributed by atoms with Crippen LogP contribution in [0.3, 0.4) is 0 Å². The van der Waals surface area contributed by atoms with E-state index in [1.165, 1.54) is 11.3 Å². The number of hydrogen-bond acceptors (Lipinski definition) is 5. The molecule has 2 aliphatic heterocycles. The molecule has 1 aromatic heterocycles. The maximum Gasteiger partial charge on any atom is 0.263 e. The highest BCUT2D eigenvalue weighted by Crippen LogP contribution is 2.22. The van der Waals surface area contributed by atoms with Gasteiger partial charge in [0.25, 0.3) is 5.91 Å². The zero-order chi connectivity index (χ0) is 22.3. The van der Waals surface area contributed by atoms with Gasteiger partial charge in [-0.3, -0.25) is 19.3 Å². The number of hydrogen-bond donors (Lipinski definition) is 1. The van der Waals surface area contributed by atoms with E-state index in [9.17, 15) is 14.4 Å². The average Bonchev–Trinajstić information content (AvgIpc) is 3.38. The summed E-state index contributed by atoms with van der Waals surface area (Å²) in [5.74, 6) is 0.0442. The molecule has 3 heterocycles. The van der Waals surface area contributed by atoms with Crippen LogP contribution in [0.1, 0.15) is 28.1 Å². The fourth-order valence-corrected chi connectivity index (χ4v) is 5.05. The highest BCUT2D eigenvalue weighted by Gasteiger charge is 2.33. The van der Waals surface area contributed by atoms with Gasteiger partial charge in [-0.05, 0) is 29.9 Å². The smallest absolute Gasteiger partial charge is 0.263 e. The molecule has 1 N–H and O–H groups in total. The summed E-state index contributed by atoms with van der Waals surface area (Å²) in [7, 11) is 0. The number of nitrogens with zero attached hydrogens (tertiary/aromatic N) is 3. The van der Waals surface area contributed by atoms with Crippen molar-refractivity contribution in [3.05, 3.63) is 58.3 Å². The van der Waals surface area contributed by atoms with Gasteiger partial charge in [0.2, 0.25) is 11.8 Å². The highest BCUT2D eigenvalue weighted by atomic mass is 32.1. The summed E-state index contributed by atoms with van der Waals surface area (Å²) >= 11 is 1.44. The molecule has 2 aromatic rings. The third-order valence-electron chi connectivity index (χ3n) is 6.17. The average molecular weight is 455 g/mol. The molecule has 0 bridgehead atoms. The number of carbonyl (C=O) groups excluding carboxylic acids is 3. The van der Waals surface area contributed by atoms with Crippen molar-refractivity contribution < 1.29 is 14.4 Å². The topological polar surface area (TPSA) is 73.0 Å². The second-order valence-corrected chi connectivity index (χ2v) is 9.38. The van der Waals surface area contributed by atoms with Crippen molar-refractivity contribution in [2.24, 2.45) is 5.92 Å². The van der Waals surface area contributed by atoms with Gasteiger partial charge in [0.05, 0.1) is 17.3 Å². The molecular weight excluding hydrogens is 424 g/mol. The van der Waals surface area contributed by atoms with Crippen molar-refractivity contribution in [1.82, 2.24) is 20.0 Å². The van der Waals surface area contributed by atoms with Crippen molar-refractivity contribution in [2.45, 2.75) is 19.4 Å². The van der Waals surface area contributed by atoms with Gasteiger partial charge < -0.3 is 15.1 Å². The van der Waals surface area contributed by atoms with Gasteiger partial charge in [0.1, 0.15) is 0 Å². The Morgan fingerprint density at radius 1 is 0.938 bits per heavy atom. The van der Waals surface area contributed by atoms with Crippen molar-refractivity contribution in [3.63, 3.8) is 0 Å². The van der Waals surface area contributed by atoms with E-state index in [4.69, 9.17) is 0 Å². The monoisotopic (exact) mass is 454 g/mol. The standard InChI is InChI=1S/C24H30N4O3S/c29-22(25-16-19-6-2-1-3-7-19)18-26-11-13-27(14-12-26)23(30)20-8-4-10-28(17-20)24(31)21-9-5-15-32-21/h1-3,5-7,9,15,20H,4,8,10-14,16-18H2,(H,25,29)/t20-/m0/s1. The second kappa shape index (κ2) is 10.7. The molecule has 170 valence electrons. The molecule has 1 aromatic carbocycles. The lowest BCUT2D eigenvalue weighted by Gasteiger charge is -2.38. The number of likely N-dealkylation sites (tertiary alicyclic amines) is 1. The zero-order valence-electron chi connectivity index (χ0n) is 18.2. The molecular formula is C24H30N4O3S. The summed E-state index contributed by atoms with van der Waals surface area (Å²) in [5, 5.41) is 4.87. The van der Waals surface area contributed by atoms with Crippen LogP contribution in [0.25, 0.3) is 0 Å². The van der Waals surface area contributed by atoms with Crippen molar-refractivity contribution in [1.29, 1.82) is 0 Å². The first kappa shape index (κ1) is 22.5. The van der Waals surface area contributed by atoms with Crippen LogP contribution in [0.15, 0.2) is 47.8 Å². The van der Waals surface area contributed by atoms with Crippen LogP contribution in [-0.4, -0.2) is 78.2 Å². The minimum Gasteiger partial charge on any atom is -0.351 e. The number of piperazine rings is 1. The molecule has 2 fully saturated rings. The maximum absolute atomic E-state index is 13.1. The highest BCUT2D eigenvalue weighted by molar-refractivity contribution is 7.12. The van der Waals surface area contributed by atoms with Crippen LogP contribution in [0.2, 0.25) is 0 Å². The summed E-state index contributed by atoms with van der Waals surface area (Å²) in [6.45, 7) is 4.72. The second-order valence-electron chi connectivity index (χ2n) is 8.43.